The maximum absolute atomic E-state index is 13.4. The lowest BCUT2D eigenvalue weighted by Crippen LogP contribution is -1.88. The molecule has 0 aliphatic carbocycles. The molecule has 0 atom stereocenters. The van der Waals surface area contributed by atoms with E-state index in [1.165, 1.54) is 19.2 Å². The minimum absolute atomic E-state index is 0.166. The van der Waals surface area contributed by atoms with Crippen LogP contribution in [0.4, 0.5) is 8.78 Å². The molecule has 1 heterocycles. The molecule has 0 saturated carbocycles. The summed E-state index contributed by atoms with van der Waals surface area (Å²) in [4.78, 5) is 15.3. The fourth-order valence-corrected chi connectivity index (χ4v) is 2.11. The molecular formula is C11H7F2NOS. The Morgan fingerprint density at radius 3 is 2.44 bits per heavy atom. The summed E-state index contributed by atoms with van der Waals surface area (Å²) in [6.07, 6.45) is 1.33. The number of nitrogens with zero attached hydrogens (tertiary/aromatic N) is 1. The van der Waals surface area contributed by atoms with Crippen molar-refractivity contribution >= 4 is 17.1 Å². The molecule has 0 saturated heterocycles. The fraction of sp³-hybridized carbons (Fsp3) is 0.0909. The minimum atomic E-state index is -0.676. The number of hydrogen-bond acceptors (Lipinski definition) is 3. The van der Waals surface area contributed by atoms with Crippen molar-refractivity contribution in [3.05, 3.63) is 40.9 Å². The van der Waals surface area contributed by atoms with Gasteiger partial charge in [0, 0.05) is 13.1 Å². The van der Waals surface area contributed by atoms with Crippen molar-refractivity contribution in [2.45, 2.75) is 6.92 Å². The Labute approximate surface area is 94.6 Å². The van der Waals surface area contributed by atoms with Crippen LogP contribution >= 0.6 is 11.3 Å². The maximum Gasteiger partial charge on any atom is 0.171 e. The lowest BCUT2D eigenvalue weighted by atomic mass is 10.2. The van der Waals surface area contributed by atoms with Crippen LogP contribution in [0.25, 0.3) is 10.6 Å². The molecule has 2 aromatic rings. The topological polar surface area (TPSA) is 30.0 Å². The molecule has 0 spiro atoms. The van der Waals surface area contributed by atoms with E-state index in [0.717, 1.165) is 23.5 Å². The molecule has 82 valence electrons. The van der Waals surface area contributed by atoms with Crippen molar-refractivity contribution in [2.24, 2.45) is 0 Å². The maximum atomic E-state index is 13.4. The van der Waals surface area contributed by atoms with E-state index in [0.29, 0.717) is 4.88 Å². The second kappa shape index (κ2) is 4.09. The summed E-state index contributed by atoms with van der Waals surface area (Å²) in [5.74, 6) is -1.52. The number of thiazole rings is 1. The molecule has 0 unspecified atom stereocenters. The van der Waals surface area contributed by atoms with Gasteiger partial charge in [-0.2, -0.15) is 0 Å². The molecule has 16 heavy (non-hydrogen) atoms. The standard InChI is InChI=1S/C11H7F2NOS/c1-6(15)9-5-14-11(16-9)10-7(12)3-2-4-8(10)13/h2-5H,1H3. The normalized spacial score (nSPS) is 10.4. The van der Waals surface area contributed by atoms with Crippen LogP contribution in [-0.2, 0) is 0 Å². The highest BCUT2D eigenvalue weighted by molar-refractivity contribution is 7.16. The Bertz CT molecular complexity index is 530. The number of halogens is 2. The summed E-state index contributed by atoms with van der Waals surface area (Å²) in [5.41, 5.74) is -0.181. The van der Waals surface area contributed by atoms with E-state index < -0.39 is 11.6 Å². The summed E-state index contributed by atoms with van der Waals surface area (Å²) in [6, 6.07) is 3.61. The minimum Gasteiger partial charge on any atom is -0.294 e. The third-order valence-electron chi connectivity index (χ3n) is 2.03. The van der Waals surface area contributed by atoms with Crippen LogP contribution in [0.15, 0.2) is 24.4 Å². The van der Waals surface area contributed by atoms with E-state index in [1.54, 1.807) is 0 Å². The molecule has 0 N–H and O–H groups in total. The van der Waals surface area contributed by atoms with Gasteiger partial charge in [0.2, 0.25) is 0 Å². The zero-order valence-corrected chi connectivity index (χ0v) is 9.15. The molecule has 1 aromatic heterocycles. The Kier molecular flexibility index (Phi) is 2.78. The van der Waals surface area contributed by atoms with Gasteiger partial charge < -0.3 is 0 Å². The molecule has 0 fully saturated rings. The molecule has 1 aromatic carbocycles. The highest BCUT2D eigenvalue weighted by atomic mass is 32.1. The van der Waals surface area contributed by atoms with Crippen molar-refractivity contribution < 1.29 is 13.6 Å². The van der Waals surface area contributed by atoms with Gasteiger partial charge in [-0.1, -0.05) is 6.07 Å². The van der Waals surface area contributed by atoms with E-state index in [2.05, 4.69) is 4.98 Å². The Balaban J connectivity index is 2.54. The first-order valence-corrected chi connectivity index (χ1v) is 5.32. The number of benzene rings is 1. The van der Waals surface area contributed by atoms with Gasteiger partial charge in [-0.05, 0) is 12.1 Å². The predicted molar refractivity (Wildman–Crippen MR) is 57.5 cm³/mol. The van der Waals surface area contributed by atoms with E-state index in [9.17, 15) is 13.6 Å². The zero-order chi connectivity index (χ0) is 11.7. The first kappa shape index (κ1) is 10.9. The second-order valence-electron chi connectivity index (χ2n) is 3.18. The van der Waals surface area contributed by atoms with Gasteiger partial charge in [-0.15, -0.1) is 11.3 Å². The molecule has 5 heteroatoms. The number of aromatic nitrogens is 1. The van der Waals surface area contributed by atoms with Gasteiger partial charge in [0.05, 0.1) is 10.4 Å². The van der Waals surface area contributed by atoms with Crippen LogP contribution in [0.3, 0.4) is 0 Å². The van der Waals surface area contributed by atoms with Crippen molar-refractivity contribution in [1.29, 1.82) is 0 Å². The van der Waals surface area contributed by atoms with Crippen molar-refractivity contribution in [2.75, 3.05) is 0 Å². The average molecular weight is 239 g/mol. The van der Waals surface area contributed by atoms with E-state index in [1.807, 2.05) is 0 Å². The number of carbonyl (C=O) groups is 1. The molecule has 2 rings (SSSR count). The monoisotopic (exact) mass is 239 g/mol. The number of carbonyl (C=O) groups excluding carboxylic acids is 1. The molecule has 2 nitrogen and oxygen atoms in total. The highest BCUT2D eigenvalue weighted by Crippen LogP contribution is 2.29. The van der Waals surface area contributed by atoms with Crippen LogP contribution in [-0.4, -0.2) is 10.8 Å². The highest BCUT2D eigenvalue weighted by Gasteiger charge is 2.15. The van der Waals surface area contributed by atoms with Crippen LogP contribution in [0.2, 0.25) is 0 Å². The van der Waals surface area contributed by atoms with Crippen LogP contribution < -0.4 is 0 Å². The third-order valence-corrected chi connectivity index (χ3v) is 3.14. The first-order chi connectivity index (χ1) is 7.59. The Morgan fingerprint density at radius 1 is 1.31 bits per heavy atom. The van der Waals surface area contributed by atoms with Crippen molar-refractivity contribution in [1.82, 2.24) is 4.98 Å². The summed E-state index contributed by atoms with van der Waals surface area (Å²) >= 11 is 0.982. The molecule has 0 amide bonds. The quantitative estimate of drug-likeness (QED) is 0.753. The second-order valence-corrected chi connectivity index (χ2v) is 4.21. The van der Waals surface area contributed by atoms with Gasteiger partial charge in [-0.3, -0.25) is 4.79 Å². The zero-order valence-electron chi connectivity index (χ0n) is 8.33. The SMILES string of the molecule is CC(=O)c1cnc(-c2c(F)cccc2F)s1. The molecular weight excluding hydrogens is 232 g/mol. The third kappa shape index (κ3) is 1.86. The number of rotatable bonds is 2. The molecule has 0 aliphatic heterocycles. The lowest BCUT2D eigenvalue weighted by molar-refractivity contribution is 0.102. The molecule has 0 aliphatic rings. The number of Topliss-reactive ketones (excluding diaryl/α,β-unsaturated/α-hetero) is 1. The fourth-order valence-electron chi connectivity index (χ4n) is 1.25. The van der Waals surface area contributed by atoms with E-state index in [4.69, 9.17) is 0 Å². The van der Waals surface area contributed by atoms with Gasteiger partial charge in [0.25, 0.3) is 0 Å². The summed E-state index contributed by atoms with van der Waals surface area (Å²) in [5, 5.41) is 0.181. The van der Waals surface area contributed by atoms with Crippen LogP contribution in [0.5, 0.6) is 0 Å². The lowest BCUT2D eigenvalue weighted by Gasteiger charge is -1.99. The van der Waals surface area contributed by atoms with Crippen LogP contribution in [0, 0.1) is 11.6 Å². The van der Waals surface area contributed by atoms with Gasteiger partial charge in [0.15, 0.2) is 5.78 Å². The van der Waals surface area contributed by atoms with Gasteiger partial charge in [-0.25, -0.2) is 13.8 Å². The summed E-state index contributed by atoms with van der Waals surface area (Å²) in [7, 11) is 0. The summed E-state index contributed by atoms with van der Waals surface area (Å²) < 4.78 is 26.8. The van der Waals surface area contributed by atoms with Crippen molar-refractivity contribution in [3.63, 3.8) is 0 Å². The van der Waals surface area contributed by atoms with E-state index in [-0.39, 0.29) is 16.4 Å². The van der Waals surface area contributed by atoms with Crippen LogP contribution in [0.1, 0.15) is 16.6 Å². The Hall–Kier alpha value is -1.62. The largest absolute Gasteiger partial charge is 0.294 e. The molecule has 0 radical (unpaired) electrons. The Morgan fingerprint density at radius 2 is 1.94 bits per heavy atom. The smallest absolute Gasteiger partial charge is 0.171 e. The number of ketones is 1. The predicted octanol–water partition coefficient (Wildman–Crippen LogP) is 3.29. The van der Waals surface area contributed by atoms with Gasteiger partial charge in [0.1, 0.15) is 16.6 Å². The number of hydrogen-bond donors (Lipinski definition) is 0. The first-order valence-electron chi connectivity index (χ1n) is 4.50. The molecule has 0 bridgehead atoms. The van der Waals surface area contributed by atoms with Crippen molar-refractivity contribution in [3.8, 4) is 10.6 Å². The van der Waals surface area contributed by atoms with Gasteiger partial charge >= 0.3 is 0 Å². The van der Waals surface area contributed by atoms with E-state index >= 15 is 0 Å². The summed E-state index contributed by atoms with van der Waals surface area (Å²) in [6.45, 7) is 1.38. The average Bonchev–Trinajstić information content (AvgIpc) is 2.66.